The Balaban J connectivity index is 1.56. The Morgan fingerprint density at radius 3 is 2.55 bits per heavy atom. The summed E-state index contributed by atoms with van der Waals surface area (Å²) in [6.45, 7) is 11.1. The first-order valence-electron chi connectivity index (χ1n) is 14.9. The van der Waals surface area contributed by atoms with Crippen molar-refractivity contribution in [2.24, 2.45) is 5.92 Å². The van der Waals surface area contributed by atoms with Crippen LogP contribution in [0.2, 0.25) is 0 Å². The lowest BCUT2D eigenvalue weighted by Crippen LogP contribution is -2.41. The molecule has 3 aromatic rings. The van der Waals surface area contributed by atoms with Crippen molar-refractivity contribution in [3.63, 3.8) is 0 Å². The Kier molecular flexibility index (Phi) is 8.41. The van der Waals surface area contributed by atoms with Crippen LogP contribution in [0.25, 0.3) is 0 Å². The van der Waals surface area contributed by atoms with Crippen LogP contribution < -0.4 is 14.9 Å². The second-order valence-electron chi connectivity index (χ2n) is 13.4. The molecule has 44 heavy (non-hydrogen) atoms. The molecule has 1 amide bonds. The van der Waals surface area contributed by atoms with Crippen molar-refractivity contribution < 1.29 is 23.1 Å². The summed E-state index contributed by atoms with van der Waals surface area (Å²) < 4.78 is 29.1. The molecular weight excluding hydrogens is 580 g/mol. The number of aryl methyl sites for hydroxylation is 1. The number of nitrogens with zero attached hydrogens (tertiary/aromatic N) is 4. The summed E-state index contributed by atoms with van der Waals surface area (Å²) in [5.74, 6) is -0.541. The number of anilines is 2. The average Bonchev–Trinajstić information content (AvgIpc) is 3.26. The summed E-state index contributed by atoms with van der Waals surface area (Å²) in [4.78, 5) is 40.7. The number of carbonyl (C=O) groups is 2. The van der Waals surface area contributed by atoms with Crippen molar-refractivity contribution >= 4 is 33.5 Å². The van der Waals surface area contributed by atoms with E-state index in [2.05, 4.69) is 59.5 Å². The smallest absolute Gasteiger partial charge is 0.303 e. The number of fused-ring (bicyclic) bond motifs is 6. The van der Waals surface area contributed by atoms with Crippen LogP contribution in [0.5, 0.6) is 0 Å². The maximum atomic E-state index is 13.6. The fourth-order valence-electron chi connectivity index (χ4n) is 5.99. The molecule has 0 radical (unpaired) electrons. The molecule has 0 aromatic carbocycles. The molecule has 1 unspecified atom stereocenters. The van der Waals surface area contributed by atoms with E-state index in [1.807, 2.05) is 12.1 Å². The van der Waals surface area contributed by atoms with Gasteiger partial charge in [0.1, 0.15) is 11.6 Å². The third kappa shape index (κ3) is 6.85. The molecule has 11 nitrogen and oxygen atoms in total. The zero-order chi connectivity index (χ0) is 31.9. The maximum Gasteiger partial charge on any atom is 0.303 e. The van der Waals surface area contributed by atoms with Gasteiger partial charge in [-0.3, -0.25) is 14.6 Å². The second-order valence-corrected chi connectivity index (χ2v) is 15.0. The van der Waals surface area contributed by atoms with Gasteiger partial charge in [0.25, 0.3) is 15.9 Å². The first-order chi connectivity index (χ1) is 20.6. The summed E-state index contributed by atoms with van der Waals surface area (Å²) in [6.07, 6.45) is 4.47. The maximum absolute atomic E-state index is 13.6. The molecule has 0 saturated carbocycles. The number of aliphatic carboxylic acids is 1. The number of hydrogen-bond acceptors (Lipinski definition) is 9. The second kappa shape index (κ2) is 11.8. The summed E-state index contributed by atoms with van der Waals surface area (Å²) in [5.41, 5.74) is 1.96. The molecule has 4 bridgehead atoms. The summed E-state index contributed by atoms with van der Waals surface area (Å²) in [7, 11) is -4.31. The molecule has 2 aliphatic heterocycles. The number of carbonyl (C=O) groups excluding carboxylic acids is 1. The van der Waals surface area contributed by atoms with Gasteiger partial charge in [0.05, 0.1) is 17.3 Å². The number of amides is 1. The van der Waals surface area contributed by atoms with Gasteiger partial charge in [0.15, 0.2) is 5.03 Å². The third-order valence-corrected chi connectivity index (χ3v) is 9.58. The first-order valence-corrected chi connectivity index (χ1v) is 16.4. The highest BCUT2D eigenvalue weighted by Crippen LogP contribution is 2.41. The molecule has 12 heteroatoms. The molecule has 1 saturated heterocycles. The molecule has 3 aromatic heterocycles. The van der Waals surface area contributed by atoms with Gasteiger partial charge in [-0.2, -0.15) is 8.42 Å². The van der Waals surface area contributed by atoms with Crippen molar-refractivity contribution in [2.75, 3.05) is 16.8 Å². The Bertz CT molecular complexity index is 1670. The van der Waals surface area contributed by atoms with Crippen LogP contribution in [0.1, 0.15) is 93.7 Å². The van der Waals surface area contributed by atoms with E-state index < -0.39 is 21.9 Å². The van der Waals surface area contributed by atoms with Crippen LogP contribution in [0.4, 0.5) is 11.6 Å². The van der Waals surface area contributed by atoms with Crippen molar-refractivity contribution in [3.8, 4) is 0 Å². The minimum absolute atomic E-state index is 0.0215. The Morgan fingerprint density at radius 2 is 1.86 bits per heavy atom. The summed E-state index contributed by atoms with van der Waals surface area (Å²) in [5, 5.41) is 12.1. The van der Waals surface area contributed by atoms with Gasteiger partial charge in [-0.15, -0.1) is 0 Å². The number of rotatable bonds is 4. The predicted octanol–water partition coefficient (Wildman–Crippen LogP) is 4.86. The molecule has 3 N–H and O–H groups in total. The lowest BCUT2D eigenvalue weighted by molar-refractivity contribution is -0.136. The highest BCUT2D eigenvalue weighted by molar-refractivity contribution is 7.90. The van der Waals surface area contributed by atoms with Crippen molar-refractivity contribution in [1.29, 1.82) is 0 Å². The lowest BCUT2D eigenvalue weighted by Gasteiger charge is -2.34. The molecule has 2 atom stereocenters. The Morgan fingerprint density at radius 1 is 1.09 bits per heavy atom. The number of nitrogens with one attached hydrogen (secondary N) is 2. The SMILES string of the molecule is CC(C)(C)c1ccc2c(n1)N1C[C@@H](CCC(c3ccc(CCC(=O)O)cn3)Nc3cccc(n3)S(=O)(=O)NC2=O)CC1(C)C. The average molecular weight is 621 g/mol. The summed E-state index contributed by atoms with van der Waals surface area (Å²) >= 11 is 0. The van der Waals surface area contributed by atoms with Crippen LogP contribution in [0.15, 0.2) is 53.7 Å². The van der Waals surface area contributed by atoms with E-state index in [9.17, 15) is 18.0 Å². The largest absolute Gasteiger partial charge is 0.481 e. The zero-order valence-corrected chi connectivity index (χ0v) is 26.6. The van der Waals surface area contributed by atoms with Crippen LogP contribution in [0, 0.1) is 5.92 Å². The number of carboxylic acids is 1. The quantitative estimate of drug-likeness (QED) is 0.368. The zero-order valence-electron chi connectivity index (χ0n) is 25.8. The minimum atomic E-state index is -4.31. The lowest BCUT2D eigenvalue weighted by atomic mass is 9.90. The number of hydrogen-bond donors (Lipinski definition) is 3. The first kappa shape index (κ1) is 31.4. The Hall–Kier alpha value is -4.06. The highest BCUT2D eigenvalue weighted by atomic mass is 32.2. The van der Waals surface area contributed by atoms with Crippen molar-refractivity contribution in [3.05, 3.63) is 71.2 Å². The topological polar surface area (TPSA) is 154 Å². The van der Waals surface area contributed by atoms with E-state index in [0.29, 0.717) is 31.0 Å². The van der Waals surface area contributed by atoms with Crippen LogP contribution in [-0.4, -0.2) is 52.4 Å². The monoisotopic (exact) mass is 620 g/mol. The predicted molar refractivity (Wildman–Crippen MR) is 167 cm³/mol. The normalized spacial score (nSPS) is 21.3. The fourth-order valence-corrected chi connectivity index (χ4v) is 6.93. The van der Waals surface area contributed by atoms with Gasteiger partial charge in [-0.1, -0.05) is 32.9 Å². The van der Waals surface area contributed by atoms with E-state index >= 15 is 0 Å². The van der Waals surface area contributed by atoms with Crippen molar-refractivity contribution in [1.82, 2.24) is 19.7 Å². The number of aromatic nitrogens is 3. The standard InChI is InChI=1S/C32H40N6O5S/c1-31(2,3)25-15-12-22-29(35-25)38-19-21(17-32(38,4)5)10-14-24(23-13-9-20(18-33-23)11-16-28(39)40)34-26-7-6-8-27(36-26)44(42,43)37-30(22)41/h6-9,12-13,15,18,21,24H,10-11,14,16-17,19H2,1-5H3,(H,34,36)(H,37,41)(H,39,40)/t21-,24?/m0/s1. The van der Waals surface area contributed by atoms with E-state index in [-0.39, 0.29) is 39.9 Å². The summed E-state index contributed by atoms with van der Waals surface area (Å²) in [6, 6.07) is 11.5. The van der Waals surface area contributed by atoms with Gasteiger partial charge in [-0.05, 0) is 81.3 Å². The van der Waals surface area contributed by atoms with Gasteiger partial charge in [0, 0.05) is 35.8 Å². The van der Waals surface area contributed by atoms with E-state index in [1.165, 1.54) is 6.07 Å². The van der Waals surface area contributed by atoms with E-state index in [0.717, 1.165) is 29.8 Å². The van der Waals surface area contributed by atoms with E-state index in [4.69, 9.17) is 10.1 Å². The molecule has 5 rings (SSSR count). The molecule has 5 heterocycles. The fraction of sp³-hybridized carbons (Fsp3) is 0.469. The molecule has 0 spiro atoms. The number of sulfonamides is 1. The molecule has 2 aliphatic rings. The third-order valence-electron chi connectivity index (χ3n) is 8.35. The minimum Gasteiger partial charge on any atom is -0.481 e. The van der Waals surface area contributed by atoms with Gasteiger partial charge in [0.2, 0.25) is 0 Å². The van der Waals surface area contributed by atoms with Gasteiger partial charge >= 0.3 is 5.97 Å². The van der Waals surface area contributed by atoms with Crippen LogP contribution in [0.3, 0.4) is 0 Å². The molecule has 0 aliphatic carbocycles. The van der Waals surface area contributed by atoms with E-state index in [1.54, 1.807) is 30.5 Å². The van der Waals surface area contributed by atoms with Crippen LogP contribution >= 0.6 is 0 Å². The number of pyridine rings is 3. The van der Waals surface area contributed by atoms with Crippen molar-refractivity contribution in [2.45, 2.75) is 88.7 Å². The van der Waals surface area contributed by atoms with Gasteiger partial charge < -0.3 is 15.3 Å². The molecular formula is C32H40N6O5S. The van der Waals surface area contributed by atoms with Gasteiger partial charge in [-0.25, -0.2) is 14.7 Å². The molecule has 1 fully saturated rings. The highest BCUT2D eigenvalue weighted by Gasteiger charge is 2.41. The van der Waals surface area contributed by atoms with Crippen LogP contribution in [-0.2, 0) is 26.7 Å². The number of carboxylic acid groups (broad SMARTS) is 1. The molecule has 234 valence electrons. The Labute approximate surface area is 258 Å².